The van der Waals surface area contributed by atoms with E-state index in [1.165, 1.54) is 18.5 Å². The van der Waals surface area contributed by atoms with Crippen LogP contribution in [0.1, 0.15) is 20.3 Å². The molecule has 2 aromatic rings. The van der Waals surface area contributed by atoms with Crippen molar-refractivity contribution in [2.24, 2.45) is 5.41 Å². The molecule has 0 saturated carbocycles. The number of benzene rings is 1. The summed E-state index contributed by atoms with van der Waals surface area (Å²) < 4.78 is 13.3. The summed E-state index contributed by atoms with van der Waals surface area (Å²) in [5, 5.41) is 12.9. The number of nitrogens with zero attached hydrogens (tertiary/aromatic N) is 2. The Bertz CT molecular complexity index is 572. The molecule has 4 nitrogen and oxygen atoms in total. The summed E-state index contributed by atoms with van der Waals surface area (Å²) in [5.74, 6) is 0.315. The van der Waals surface area contributed by atoms with Crippen molar-refractivity contribution in [2.75, 3.05) is 18.5 Å². The fraction of sp³-hybridized carbons (Fsp3) is 0.429. The van der Waals surface area contributed by atoms with Gasteiger partial charge in [-0.1, -0.05) is 13.8 Å². The summed E-state index contributed by atoms with van der Waals surface area (Å²) >= 11 is 0. The monoisotopic (exact) mass is 263 g/mol. The van der Waals surface area contributed by atoms with E-state index in [0.717, 1.165) is 0 Å². The Balaban J connectivity index is 2.23. The zero-order chi connectivity index (χ0) is 13.9. The van der Waals surface area contributed by atoms with E-state index >= 15 is 0 Å². The van der Waals surface area contributed by atoms with Crippen molar-refractivity contribution in [3.63, 3.8) is 0 Å². The first-order valence-corrected chi connectivity index (χ1v) is 6.27. The maximum absolute atomic E-state index is 13.3. The summed E-state index contributed by atoms with van der Waals surface area (Å²) in [7, 11) is 0. The predicted molar refractivity (Wildman–Crippen MR) is 73.5 cm³/mol. The van der Waals surface area contributed by atoms with Crippen molar-refractivity contribution in [3.8, 4) is 0 Å². The number of aromatic nitrogens is 2. The topological polar surface area (TPSA) is 58.0 Å². The third-order valence-corrected chi connectivity index (χ3v) is 3.12. The lowest BCUT2D eigenvalue weighted by atomic mass is 9.90. The van der Waals surface area contributed by atoms with Crippen LogP contribution in [-0.2, 0) is 0 Å². The average molecular weight is 263 g/mol. The predicted octanol–water partition coefficient (Wildman–Crippen LogP) is 2.59. The quantitative estimate of drug-likeness (QED) is 0.870. The lowest BCUT2D eigenvalue weighted by Crippen LogP contribution is -2.24. The van der Waals surface area contributed by atoms with E-state index in [9.17, 15) is 4.39 Å². The fourth-order valence-corrected chi connectivity index (χ4v) is 1.88. The van der Waals surface area contributed by atoms with Gasteiger partial charge in [-0.2, -0.15) is 0 Å². The molecule has 5 heteroatoms. The standard InChI is InChI=1S/C14H18FN3O/c1-14(2,5-6-19)8-16-13-11-7-10(15)3-4-12(11)17-9-18-13/h3-4,7,9,19H,5-6,8H2,1-2H3,(H,16,17,18). The van der Waals surface area contributed by atoms with Gasteiger partial charge in [0.05, 0.1) is 5.52 Å². The number of halogens is 1. The Labute approximate surface area is 111 Å². The van der Waals surface area contributed by atoms with Crippen LogP contribution in [-0.4, -0.2) is 28.2 Å². The second kappa shape index (κ2) is 5.48. The van der Waals surface area contributed by atoms with Gasteiger partial charge >= 0.3 is 0 Å². The number of aliphatic hydroxyl groups is 1. The molecule has 1 heterocycles. The lowest BCUT2D eigenvalue weighted by Gasteiger charge is -2.24. The number of hydrogen-bond donors (Lipinski definition) is 2. The van der Waals surface area contributed by atoms with Crippen molar-refractivity contribution in [1.82, 2.24) is 9.97 Å². The Morgan fingerprint density at radius 1 is 1.32 bits per heavy atom. The summed E-state index contributed by atoms with van der Waals surface area (Å²) in [6, 6.07) is 4.45. The van der Waals surface area contributed by atoms with Crippen LogP contribution in [0.4, 0.5) is 10.2 Å². The smallest absolute Gasteiger partial charge is 0.137 e. The van der Waals surface area contributed by atoms with E-state index in [0.29, 0.717) is 29.7 Å². The zero-order valence-electron chi connectivity index (χ0n) is 11.2. The van der Waals surface area contributed by atoms with Crippen molar-refractivity contribution in [2.45, 2.75) is 20.3 Å². The molecule has 0 fully saturated rings. The number of hydrogen-bond acceptors (Lipinski definition) is 4. The average Bonchev–Trinajstić information content (AvgIpc) is 2.36. The molecule has 0 aliphatic rings. The van der Waals surface area contributed by atoms with Crippen molar-refractivity contribution in [3.05, 3.63) is 30.3 Å². The highest BCUT2D eigenvalue weighted by atomic mass is 19.1. The van der Waals surface area contributed by atoms with Crippen molar-refractivity contribution in [1.29, 1.82) is 0 Å². The van der Waals surface area contributed by atoms with Crippen LogP contribution in [0.5, 0.6) is 0 Å². The Morgan fingerprint density at radius 2 is 2.11 bits per heavy atom. The molecule has 0 unspecified atom stereocenters. The summed E-state index contributed by atoms with van der Waals surface area (Å²) in [6.45, 7) is 4.91. The fourth-order valence-electron chi connectivity index (χ4n) is 1.88. The van der Waals surface area contributed by atoms with Gasteiger partial charge in [0.1, 0.15) is 18.0 Å². The zero-order valence-corrected chi connectivity index (χ0v) is 11.2. The Kier molecular flexibility index (Phi) is 3.95. The van der Waals surface area contributed by atoms with Gasteiger partial charge in [0.2, 0.25) is 0 Å². The van der Waals surface area contributed by atoms with Crippen LogP contribution >= 0.6 is 0 Å². The van der Waals surface area contributed by atoms with Gasteiger partial charge in [0.15, 0.2) is 0 Å². The molecular weight excluding hydrogens is 245 g/mol. The third-order valence-electron chi connectivity index (χ3n) is 3.12. The van der Waals surface area contributed by atoms with Gasteiger partial charge < -0.3 is 10.4 Å². The molecule has 1 aromatic heterocycles. The van der Waals surface area contributed by atoms with Gasteiger partial charge in [-0.05, 0) is 30.0 Å². The molecule has 0 saturated heterocycles. The largest absolute Gasteiger partial charge is 0.396 e. The summed E-state index contributed by atoms with van der Waals surface area (Å²) in [6.07, 6.45) is 2.15. The molecule has 0 amide bonds. The van der Waals surface area contributed by atoms with E-state index in [1.807, 2.05) is 0 Å². The molecule has 1 aromatic carbocycles. The van der Waals surface area contributed by atoms with Crippen molar-refractivity contribution < 1.29 is 9.50 Å². The highest BCUT2D eigenvalue weighted by molar-refractivity contribution is 5.88. The first-order valence-electron chi connectivity index (χ1n) is 6.27. The number of fused-ring (bicyclic) bond motifs is 1. The second-order valence-corrected chi connectivity index (χ2v) is 5.38. The van der Waals surface area contributed by atoms with E-state index in [2.05, 4.69) is 29.1 Å². The maximum Gasteiger partial charge on any atom is 0.137 e. The number of rotatable bonds is 5. The van der Waals surface area contributed by atoms with E-state index in [1.54, 1.807) is 6.07 Å². The molecule has 19 heavy (non-hydrogen) atoms. The molecule has 0 radical (unpaired) electrons. The molecule has 0 aliphatic carbocycles. The Hall–Kier alpha value is -1.75. The summed E-state index contributed by atoms with van der Waals surface area (Å²) in [5.41, 5.74) is 0.651. The molecular formula is C14H18FN3O. The molecule has 2 rings (SSSR count). The number of anilines is 1. The minimum atomic E-state index is -0.306. The van der Waals surface area contributed by atoms with Gasteiger partial charge in [-0.3, -0.25) is 0 Å². The first kappa shape index (κ1) is 13.7. The minimum Gasteiger partial charge on any atom is -0.396 e. The van der Waals surface area contributed by atoms with Crippen LogP contribution in [0, 0.1) is 11.2 Å². The van der Waals surface area contributed by atoms with Gasteiger partial charge in [-0.25, -0.2) is 14.4 Å². The van der Waals surface area contributed by atoms with Crippen LogP contribution in [0.25, 0.3) is 10.9 Å². The SMILES string of the molecule is CC(C)(CCO)CNc1ncnc2ccc(F)cc12. The lowest BCUT2D eigenvalue weighted by molar-refractivity contribution is 0.220. The van der Waals surface area contributed by atoms with Gasteiger partial charge in [0.25, 0.3) is 0 Å². The van der Waals surface area contributed by atoms with Gasteiger partial charge in [0, 0.05) is 18.5 Å². The second-order valence-electron chi connectivity index (χ2n) is 5.38. The number of aliphatic hydroxyl groups excluding tert-OH is 1. The highest BCUT2D eigenvalue weighted by Gasteiger charge is 2.17. The maximum atomic E-state index is 13.3. The molecule has 0 atom stereocenters. The van der Waals surface area contributed by atoms with E-state index in [4.69, 9.17) is 5.11 Å². The molecule has 0 aliphatic heterocycles. The highest BCUT2D eigenvalue weighted by Crippen LogP contribution is 2.24. The Morgan fingerprint density at radius 3 is 2.84 bits per heavy atom. The normalized spacial score (nSPS) is 11.8. The van der Waals surface area contributed by atoms with E-state index in [-0.39, 0.29) is 17.8 Å². The minimum absolute atomic E-state index is 0.0562. The van der Waals surface area contributed by atoms with Crippen LogP contribution in [0.2, 0.25) is 0 Å². The van der Waals surface area contributed by atoms with Crippen LogP contribution in [0.3, 0.4) is 0 Å². The molecule has 102 valence electrons. The molecule has 0 spiro atoms. The third kappa shape index (κ3) is 3.38. The van der Waals surface area contributed by atoms with Crippen LogP contribution in [0.15, 0.2) is 24.5 Å². The van der Waals surface area contributed by atoms with Crippen LogP contribution < -0.4 is 5.32 Å². The van der Waals surface area contributed by atoms with Gasteiger partial charge in [-0.15, -0.1) is 0 Å². The summed E-state index contributed by atoms with van der Waals surface area (Å²) in [4.78, 5) is 8.27. The van der Waals surface area contributed by atoms with E-state index < -0.39 is 0 Å². The molecule has 2 N–H and O–H groups in total. The first-order chi connectivity index (χ1) is 9.02. The number of nitrogens with one attached hydrogen (secondary N) is 1. The van der Waals surface area contributed by atoms with Crippen molar-refractivity contribution >= 4 is 16.7 Å². The molecule has 0 bridgehead atoms.